The van der Waals surface area contributed by atoms with E-state index in [9.17, 15) is 39.3 Å². The Kier molecular flexibility index (Phi) is 17.5. The Labute approximate surface area is 255 Å². The van der Waals surface area contributed by atoms with E-state index in [1.54, 1.807) is 14.7 Å². The average Bonchev–Trinajstić information content (AvgIpc) is 2.87. The Morgan fingerprint density at radius 1 is 0.651 bits per heavy atom. The van der Waals surface area contributed by atoms with Crippen molar-refractivity contribution in [2.24, 2.45) is 5.92 Å². The second-order valence-electron chi connectivity index (χ2n) is 12.6. The van der Waals surface area contributed by atoms with Gasteiger partial charge in [0, 0.05) is 70.4 Å². The molecule has 1 heterocycles. The SMILES string of the molecule is CC(C)C(=O)[C@H](CCCCNC(=O)CN1CCN(CC(=O)O)CCN(CC(=O)O)CCN(CC(=O)O)CC1)NC(C)(C)C. The number of nitrogens with zero attached hydrogens (tertiary/aromatic N) is 4. The van der Waals surface area contributed by atoms with Gasteiger partial charge in [0.25, 0.3) is 0 Å². The minimum absolute atomic E-state index is 0.0685. The molecule has 1 rings (SSSR count). The lowest BCUT2D eigenvalue weighted by Gasteiger charge is -2.32. The van der Waals surface area contributed by atoms with Crippen molar-refractivity contribution in [2.45, 2.75) is 65.5 Å². The quantitative estimate of drug-likeness (QED) is 0.143. The van der Waals surface area contributed by atoms with Crippen molar-refractivity contribution >= 4 is 29.6 Å². The predicted molar refractivity (Wildman–Crippen MR) is 162 cm³/mol. The number of unbranched alkanes of at least 4 members (excludes halogenated alkanes) is 1. The number of carboxylic acids is 3. The fraction of sp³-hybridized carbons (Fsp3) is 0.828. The van der Waals surface area contributed by atoms with Crippen molar-refractivity contribution in [1.29, 1.82) is 0 Å². The number of carbonyl (C=O) groups is 5. The summed E-state index contributed by atoms with van der Waals surface area (Å²) in [6, 6.07) is -0.239. The molecule has 14 nitrogen and oxygen atoms in total. The maximum atomic E-state index is 12.8. The van der Waals surface area contributed by atoms with Gasteiger partial charge in [-0.05, 0) is 40.0 Å². The molecule has 1 saturated heterocycles. The van der Waals surface area contributed by atoms with Crippen LogP contribution in [-0.2, 0) is 24.0 Å². The zero-order valence-corrected chi connectivity index (χ0v) is 26.6. The van der Waals surface area contributed by atoms with Crippen LogP contribution in [0.25, 0.3) is 0 Å². The molecular weight excluding hydrogens is 560 g/mol. The molecule has 0 aromatic heterocycles. The Bertz CT molecular complexity index is 878. The number of Topliss-reactive ketones (excluding diaryl/α,β-unsaturated/α-hetero) is 1. The summed E-state index contributed by atoms with van der Waals surface area (Å²) >= 11 is 0. The first-order chi connectivity index (χ1) is 20.1. The minimum Gasteiger partial charge on any atom is -0.480 e. The number of carboxylic acid groups (broad SMARTS) is 3. The normalized spacial score (nSPS) is 18.0. The van der Waals surface area contributed by atoms with E-state index in [0.29, 0.717) is 71.7 Å². The van der Waals surface area contributed by atoms with Crippen LogP contribution in [0.5, 0.6) is 0 Å². The molecule has 5 N–H and O–H groups in total. The van der Waals surface area contributed by atoms with Crippen LogP contribution in [0.3, 0.4) is 0 Å². The van der Waals surface area contributed by atoms with Gasteiger partial charge in [-0.1, -0.05) is 13.8 Å². The van der Waals surface area contributed by atoms with E-state index < -0.39 is 17.9 Å². The van der Waals surface area contributed by atoms with E-state index in [1.807, 2.05) is 39.5 Å². The molecule has 1 fully saturated rings. The lowest BCUT2D eigenvalue weighted by molar-refractivity contribution is -0.140. The van der Waals surface area contributed by atoms with Crippen molar-refractivity contribution in [3.05, 3.63) is 0 Å². The first kappa shape index (κ1) is 38.4. The van der Waals surface area contributed by atoms with Crippen LogP contribution in [0.2, 0.25) is 0 Å². The van der Waals surface area contributed by atoms with Crippen molar-refractivity contribution in [3.8, 4) is 0 Å². The molecule has 1 amide bonds. The number of hydrogen-bond acceptors (Lipinski definition) is 10. The van der Waals surface area contributed by atoms with Crippen molar-refractivity contribution < 1.29 is 39.3 Å². The van der Waals surface area contributed by atoms with Crippen LogP contribution in [0.1, 0.15) is 53.9 Å². The summed E-state index contributed by atoms with van der Waals surface area (Å²) in [5, 5.41) is 34.4. The maximum absolute atomic E-state index is 12.8. The fourth-order valence-corrected chi connectivity index (χ4v) is 4.96. The first-order valence-electron chi connectivity index (χ1n) is 15.2. The molecule has 0 aromatic carbocycles. The summed E-state index contributed by atoms with van der Waals surface area (Å²) in [7, 11) is 0. The van der Waals surface area contributed by atoms with E-state index in [2.05, 4.69) is 10.6 Å². The summed E-state index contributed by atoms with van der Waals surface area (Å²) in [5.74, 6) is -3.08. The molecule has 248 valence electrons. The highest BCUT2D eigenvalue weighted by Gasteiger charge is 2.25. The standard InChI is InChI=1S/C29H54N6O8/c1-22(2)28(43)23(31-29(3,4)5)8-6-7-9-30-24(36)18-32-10-12-33(19-25(37)38)14-16-35(21-27(41)42)17-15-34(13-11-32)20-26(39)40/h22-23,31H,6-21H2,1-5H3,(H,30,36)(H,37,38)(H,39,40)(H,41,42)/t23-/m0/s1. The van der Waals surface area contributed by atoms with Gasteiger partial charge in [0.05, 0.1) is 32.2 Å². The number of amides is 1. The third-order valence-electron chi connectivity index (χ3n) is 7.14. The maximum Gasteiger partial charge on any atom is 0.317 e. The topological polar surface area (TPSA) is 183 Å². The molecule has 0 aliphatic carbocycles. The van der Waals surface area contributed by atoms with E-state index >= 15 is 0 Å². The summed E-state index contributed by atoms with van der Waals surface area (Å²) in [6.07, 6.45) is 2.16. The number of carbonyl (C=O) groups excluding carboxylic acids is 2. The van der Waals surface area contributed by atoms with Crippen LogP contribution in [0, 0.1) is 5.92 Å². The summed E-state index contributed by atoms with van der Waals surface area (Å²) < 4.78 is 0. The largest absolute Gasteiger partial charge is 0.480 e. The van der Waals surface area contributed by atoms with Crippen LogP contribution >= 0.6 is 0 Å². The first-order valence-corrected chi connectivity index (χ1v) is 15.2. The molecule has 0 spiro atoms. The van der Waals surface area contributed by atoms with Crippen LogP contribution < -0.4 is 10.6 Å². The van der Waals surface area contributed by atoms with Crippen molar-refractivity contribution in [2.75, 3.05) is 85.1 Å². The molecule has 1 atom stereocenters. The van der Waals surface area contributed by atoms with Gasteiger partial charge >= 0.3 is 17.9 Å². The molecule has 0 unspecified atom stereocenters. The van der Waals surface area contributed by atoms with Gasteiger partial charge < -0.3 is 26.0 Å². The molecule has 0 bridgehead atoms. The van der Waals surface area contributed by atoms with Crippen LogP contribution in [0.15, 0.2) is 0 Å². The molecular formula is C29H54N6O8. The lowest BCUT2D eigenvalue weighted by atomic mass is 9.94. The third kappa shape index (κ3) is 18.6. The Hall–Kier alpha value is -2.65. The zero-order valence-electron chi connectivity index (χ0n) is 26.6. The number of rotatable bonds is 16. The van der Waals surface area contributed by atoms with Gasteiger partial charge in [-0.15, -0.1) is 0 Å². The van der Waals surface area contributed by atoms with E-state index in [0.717, 1.165) is 6.42 Å². The Morgan fingerprint density at radius 2 is 1.02 bits per heavy atom. The van der Waals surface area contributed by atoms with Gasteiger partial charge in [-0.2, -0.15) is 0 Å². The monoisotopic (exact) mass is 614 g/mol. The fourth-order valence-electron chi connectivity index (χ4n) is 4.96. The molecule has 0 radical (unpaired) electrons. The van der Waals surface area contributed by atoms with E-state index in [-0.39, 0.29) is 55.4 Å². The summed E-state index contributed by atoms with van der Waals surface area (Å²) in [6.45, 7) is 12.5. The number of hydrogen-bond donors (Lipinski definition) is 5. The van der Waals surface area contributed by atoms with Crippen LogP contribution in [-0.4, -0.2) is 161 Å². The molecule has 1 aliphatic heterocycles. The van der Waals surface area contributed by atoms with E-state index in [4.69, 9.17) is 0 Å². The van der Waals surface area contributed by atoms with Crippen molar-refractivity contribution in [1.82, 2.24) is 30.2 Å². The highest BCUT2D eigenvalue weighted by molar-refractivity contribution is 5.85. The zero-order chi connectivity index (χ0) is 32.6. The highest BCUT2D eigenvalue weighted by atomic mass is 16.4. The molecule has 14 heteroatoms. The smallest absolute Gasteiger partial charge is 0.317 e. The van der Waals surface area contributed by atoms with Gasteiger partial charge in [0.15, 0.2) is 5.78 Å². The number of nitrogens with one attached hydrogen (secondary N) is 2. The molecule has 0 aromatic rings. The van der Waals surface area contributed by atoms with Gasteiger partial charge in [-0.25, -0.2) is 0 Å². The van der Waals surface area contributed by atoms with E-state index in [1.165, 1.54) is 0 Å². The highest BCUT2D eigenvalue weighted by Crippen LogP contribution is 2.12. The average molecular weight is 615 g/mol. The van der Waals surface area contributed by atoms with Crippen molar-refractivity contribution in [3.63, 3.8) is 0 Å². The summed E-state index contributed by atoms with van der Waals surface area (Å²) in [5.41, 5.74) is -0.191. The molecule has 43 heavy (non-hydrogen) atoms. The lowest BCUT2D eigenvalue weighted by Crippen LogP contribution is -2.50. The minimum atomic E-state index is -1.01. The molecule has 1 aliphatic rings. The van der Waals surface area contributed by atoms with Crippen LogP contribution in [0.4, 0.5) is 0 Å². The Balaban J connectivity index is 2.77. The van der Waals surface area contributed by atoms with Gasteiger partial charge in [0.1, 0.15) is 0 Å². The second kappa shape index (κ2) is 19.6. The van der Waals surface area contributed by atoms with Gasteiger partial charge in [0.2, 0.25) is 5.91 Å². The molecule has 0 saturated carbocycles. The Morgan fingerprint density at radius 3 is 1.35 bits per heavy atom. The van der Waals surface area contributed by atoms with Gasteiger partial charge in [-0.3, -0.25) is 43.6 Å². The second-order valence-corrected chi connectivity index (χ2v) is 12.6. The summed E-state index contributed by atoms with van der Waals surface area (Å²) in [4.78, 5) is 66.7. The third-order valence-corrected chi connectivity index (χ3v) is 7.14. The number of ketones is 1. The predicted octanol–water partition coefficient (Wildman–Crippen LogP) is -0.270. The number of aliphatic carboxylic acids is 3.